The second kappa shape index (κ2) is 7.64. The Hall–Kier alpha value is -2.11. The van der Waals surface area contributed by atoms with Gasteiger partial charge >= 0.3 is 0 Å². The first-order chi connectivity index (χ1) is 11.6. The number of carbonyl (C=O) groups is 1. The van der Waals surface area contributed by atoms with E-state index in [1.165, 1.54) is 16.9 Å². The fourth-order valence-electron chi connectivity index (χ4n) is 2.45. The quantitative estimate of drug-likeness (QED) is 0.632. The van der Waals surface area contributed by atoms with Crippen molar-refractivity contribution in [1.82, 2.24) is 4.98 Å². The molecule has 0 aliphatic carbocycles. The smallest absolute Gasteiger partial charge is 0.266 e. The van der Waals surface area contributed by atoms with Gasteiger partial charge < -0.3 is 5.32 Å². The first-order valence-corrected chi connectivity index (χ1v) is 9.47. The van der Waals surface area contributed by atoms with Gasteiger partial charge in [0.2, 0.25) is 0 Å². The van der Waals surface area contributed by atoms with E-state index in [9.17, 15) is 4.79 Å². The molecule has 0 saturated carbocycles. The van der Waals surface area contributed by atoms with Gasteiger partial charge in [0.15, 0.2) is 0 Å². The lowest BCUT2D eigenvalue weighted by molar-refractivity contribution is 0.102. The predicted octanol–water partition coefficient (Wildman–Crippen LogP) is 5.30. The maximum absolute atomic E-state index is 12.6. The van der Waals surface area contributed by atoms with Gasteiger partial charge in [-0.15, -0.1) is 23.1 Å². The zero-order chi connectivity index (χ0) is 16.9. The first-order valence-electron chi connectivity index (χ1n) is 7.60. The number of thioether (sulfide) groups is 1. The van der Waals surface area contributed by atoms with Crippen LogP contribution in [0.1, 0.15) is 26.4 Å². The molecule has 5 heteroatoms. The maximum atomic E-state index is 12.6. The fourth-order valence-corrected chi connectivity index (χ4v) is 4.44. The van der Waals surface area contributed by atoms with Crippen LogP contribution in [0.5, 0.6) is 0 Å². The Bertz CT molecular complexity index is 823. The number of amides is 1. The molecule has 0 aliphatic rings. The summed E-state index contributed by atoms with van der Waals surface area (Å²) in [6.07, 6.45) is 3.58. The topological polar surface area (TPSA) is 42.0 Å². The number of aromatic nitrogens is 1. The molecule has 1 N–H and O–H groups in total. The second-order valence-electron chi connectivity index (χ2n) is 5.59. The highest BCUT2D eigenvalue weighted by Gasteiger charge is 2.14. The van der Waals surface area contributed by atoms with Crippen LogP contribution < -0.4 is 5.32 Å². The predicted molar refractivity (Wildman–Crippen MR) is 102 cm³/mol. The number of thiophene rings is 1. The van der Waals surface area contributed by atoms with Gasteiger partial charge in [0.1, 0.15) is 4.88 Å². The van der Waals surface area contributed by atoms with E-state index in [1.54, 1.807) is 24.2 Å². The lowest BCUT2D eigenvalue weighted by Gasteiger charge is -2.08. The minimum absolute atomic E-state index is 0.0489. The molecule has 0 saturated heterocycles. The van der Waals surface area contributed by atoms with Gasteiger partial charge in [-0.3, -0.25) is 9.78 Å². The van der Waals surface area contributed by atoms with Crippen LogP contribution in [0.15, 0.2) is 59.1 Å². The van der Waals surface area contributed by atoms with Crippen LogP contribution in [-0.2, 0) is 5.75 Å². The number of carbonyl (C=O) groups excluding carboxylic acids is 1. The van der Waals surface area contributed by atoms with E-state index in [1.807, 2.05) is 49.6 Å². The van der Waals surface area contributed by atoms with Crippen molar-refractivity contribution in [3.63, 3.8) is 0 Å². The number of rotatable bonds is 5. The van der Waals surface area contributed by atoms with Crippen molar-refractivity contribution in [1.29, 1.82) is 0 Å². The standard InChI is InChI=1S/C19H18N2OS2/c1-13-9-14(2)11-16(10-13)21-19(22)18-17(5-8-23-18)24-12-15-3-6-20-7-4-15/h3-11H,12H2,1-2H3,(H,21,22). The molecule has 0 bridgehead atoms. The molecular formula is C19H18N2OS2. The zero-order valence-electron chi connectivity index (χ0n) is 13.6. The third-order valence-electron chi connectivity index (χ3n) is 3.46. The van der Waals surface area contributed by atoms with Crippen LogP contribution in [0, 0.1) is 13.8 Å². The van der Waals surface area contributed by atoms with Crippen molar-refractivity contribution in [2.24, 2.45) is 0 Å². The average molecular weight is 355 g/mol. The summed E-state index contributed by atoms with van der Waals surface area (Å²) in [6.45, 7) is 4.06. The summed E-state index contributed by atoms with van der Waals surface area (Å²) in [4.78, 5) is 18.4. The molecule has 0 radical (unpaired) electrons. The summed E-state index contributed by atoms with van der Waals surface area (Å²) in [7, 11) is 0. The lowest BCUT2D eigenvalue weighted by atomic mass is 10.1. The number of aryl methyl sites for hydroxylation is 2. The molecule has 1 aromatic carbocycles. The van der Waals surface area contributed by atoms with Crippen molar-refractivity contribution in [3.8, 4) is 0 Å². The Morgan fingerprint density at radius 3 is 2.54 bits per heavy atom. The van der Waals surface area contributed by atoms with E-state index >= 15 is 0 Å². The largest absolute Gasteiger partial charge is 0.321 e. The third-order valence-corrected chi connectivity index (χ3v) is 5.63. The van der Waals surface area contributed by atoms with Gasteiger partial charge in [-0.05, 0) is 66.2 Å². The zero-order valence-corrected chi connectivity index (χ0v) is 15.2. The van der Waals surface area contributed by atoms with Crippen LogP contribution in [0.25, 0.3) is 0 Å². The van der Waals surface area contributed by atoms with Gasteiger partial charge in [-0.1, -0.05) is 6.07 Å². The van der Waals surface area contributed by atoms with E-state index in [0.717, 1.165) is 32.3 Å². The molecule has 0 fully saturated rings. The SMILES string of the molecule is Cc1cc(C)cc(NC(=O)c2sccc2SCc2ccncc2)c1. The number of benzene rings is 1. The molecule has 0 aliphatic heterocycles. The van der Waals surface area contributed by atoms with Gasteiger partial charge in [0, 0.05) is 28.7 Å². The molecule has 0 atom stereocenters. The molecule has 3 nitrogen and oxygen atoms in total. The number of pyridine rings is 1. The van der Waals surface area contributed by atoms with Crippen LogP contribution in [0.3, 0.4) is 0 Å². The summed E-state index contributed by atoms with van der Waals surface area (Å²) in [5.41, 5.74) is 4.32. The lowest BCUT2D eigenvalue weighted by Crippen LogP contribution is -2.11. The number of anilines is 1. The third kappa shape index (κ3) is 4.24. The molecule has 3 rings (SSSR count). The minimum Gasteiger partial charge on any atom is -0.321 e. The molecular weight excluding hydrogens is 336 g/mol. The number of hydrogen-bond acceptors (Lipinski definition) is 4. The summed E-state index contributed by atoms with van der Waals surface area (Å²) >= 11 is 3.15. The molecule has 3 aromatic rings. The highest BCUT2D eigenvalue weighted by atomic mass is 32.2. The summed E-state index contributed by atoms with van der Waals surface area (Å²) in [5, 5.41) is 4.98. The van der Waals surface area contributed by atoms with Crippen molar-refractivity contribution in [2.75, 3.05) is 5.32 Å². The number of hydrogen-bond donors (Lipinski definition) is 1. The Kier molecular flexibility index (Phi) is 5.33. The highest BCUT2D eigenvalue weighted by molar-refractivity contribution is 7.98. The first kappa shape index (κ1) is 16.7. The van der Waals surface area contributed by atoms with Gasteiger partial charge in [0.05, 0.1) is 0 Å². The number of nitrogens with zero attached hydrogens (tertiary/aromatic N) is 1. The van der Waals surface area contributed by atoms with Crippen molar-refractivity contribution >= 4 is 34.7 Å². The van der Waals surface area contributed by atoms with E-state index < -0.39 is 0 Å². The summed E-state index contributed by atoms with van der Waals surface area (Å²) in [5.74, 6) is 0.774. The maximum Gasteiger partial charge on any atom is 0.266 e. The highest BCUT2D eigenvalue weighted by Crippen LogP contribution is 2.31. The molecule has 1 amide bonds. The van der Waals surface area contributed by atoms with Crippen LogP contribution >= 0.6 is 23.1 Å². The normalized spacial score (nSPS) is 10.6. The van der Waals surface area contributed by atoms with Crippen LogP contribution in [0.4, 0.5) is 5.69 Å². The molecule has 0 unspecified atom stereocenters. The minimum atomic E-state index is -0.0489. The Morgan fingerprint density at radius 1 is 1.12 bits per heavy atom. The van der Waals surface area contributed by atoms with Gasteiger partial charge in [-0.2, -0.15) is 0 Å². The fraction of sp³-hybridized carbons (Fsp3) is 0.158. The van der Waals surface area contributed by atoms with Crippen molar-refractivity contribution in [3.05, 3.63) is 75.7 Å². The molecule has 2 aromatic heterocycles. The number of nitrogens with one attached hydrogen (secondary N) is 1. The van der Waals surface area contributed by atoms with E-state index in [-0.39, 0.29) is 5.91 Å². The molecule has 0 spiro atoms. The Balaban J connectivity index is 1.71. The second-order valence-corrected chi connectivity index (χ2v) is 7.52. The van der Waals surface area contributed by atoms with Crippen LogP contribution in [0.2, 0.25) is 0 Å². The molecule has 122 valence electrons. The summed E-state index contributed by atoms with van der Waals surface area (Å²) in [6, 6.07) is 12.1. The monoisotopic (exact) mass is 354 g/mol. The Morgan fingerprint density at radius 2 is 1.83 bits per heavy atom. The average Bonchev–Trinajstić information content (AvgIpc) is 3.01. The van der Waals surface area contributed by atoms with Crippen molar-refractivity contribution < 1.29 is 4.79 Å². The van der Waals surface area contributed by atoms with E-state index in [2.05, 4.69) is 16.4 Å². The molecule has 24 heavy (non-hydrogen) atoms. The molecule has 2 heterocycles. The van der Waals surface area contributed by atoms with E-state index in [0.29, 0.717) is 0 Å². The van der Waals surface area contributed by atoms with Gasteiger partial charge in [-0.25, -0.2) is 0 Å². The van der Waals surface area contributed by atoms with Crippen LogP contribution in [-0.4, -0.2) is 10.9 Å². The van der Waals surface area contributed by atoms with Crippen molar-refractivity contribution in [2.45, 2.75) is 24.5 Å². The van der Waals surface area contributed by atoms with E-state index in [4.69, 9.17) is 0 Å². The summed E-state index contributed by atoms with van der Waals surface area (Å²) < 4.78 is 0. The van der Waals surface area contributed by atoms with Gasteiger partial charge in [0.25, 0.3) is 5.91 Å². The Labute approximate surface area is 150 Å².